The van der Waals surface area contributed by atoms with Crippen molar-refractivity contribution in [3.05, 3.63) is 0 Å². The smallest absolute Gasteiger partial charge is 0.247 e. The molecule has 2 fully saturated rings. The van der Waals surface area contributed by atoms with Crippen LogP contribution in [0.15, 0.2) is 0 Å². The molecule has 1 N–H and O–H groups in total. The number of hydrogen-bond donors (Lipinski definition) is 1. The van der Waals surface area contributed by atoms with E-state index in [0.717, 1.165) is 39.0 Å². The van der Waals surface area contributed by atoms with Gasteiger partial charge in [-0.15, -0.1) is 0 Å². The number of carbonyl (C=O) groups is 2. The third-order valence-electron chi connectivity index (χ3n) is 4.69. The average Bonchev–Trinajstić information content (AvgIpc) is 2.71. The van der Waals surface area contributed by atoms with Crippen molar-refractivity contribution >= 4 is 11.8 Å². The Morgan fingerprint density at radius 1 is 1.40 bits per heavy atom. The maximum Gasteiger partial charge on any atom is 0.247 e. The Morgan fingerprint density at radius 2 is 2.05 bits per heavy atom. The van der Waals surface area contributed by atoms with Gasteiger partial charge in [0.15, 0.2) is 0 Å². The molecule has 0 spiro atoms. The molecular formula is C15H26N2O3. The van der Waals surface area contributed by atoms with Crippen LogP contribution in [0.3, 0.4) is 0 Å². The van der Waals surface area contributed by atoms with Crippen molar-refractivity contribution in [3.63, 3.8) is 0 Å². The molecule has 114 valence electrons. The first-order valence-corrected chi connectivity index (χ1v) is 7.64. The number of hydrogen-bond acceptors (Lipinski definition) is 4. The summed E-state index contributed by atoms with van der Waals surface area (Å²) >= 11 is 0. The minimum absolute atomic E-state index is 0.000433. The van der Waals surface area contributed by atoms with E-state index in [1.165, 1.54) is 4.90 Å². The van der Waals surface area contributed by atoms with Crippen molar-refractivity contribution in [2.45, 2.75) is 58.5 Å². The molecule has 2 heterocycles. The molecule has 20 heavy (non-hydrogen) atoms. The number of ether oxygens (including phenoxy) is 1. The van der Waals surface area contributed by atoms with Crippen LogP contribution in [0.5, 0.6) is 0 Å². The van der Waals surface area contributed by atoms with E-state index in [1.54, 1.807) is 0 Å². The minimum atomic E-state index is -0.337. The normalized spacial score (nSPS) is 27.9. The topological polar surface area (TPSA) is 58.6 Å². The number of nitrogens with zero attached hydrogens (tertiary/aromatic N) is 1. The van der Waals surface area contributed by atoms with E-state index in [2.05, 4.69) is 12.2 Å². The number of rotatable bonds is 5. The largest absolute Gasteiger partial charge is 0.381 e. The monoisotopic (exact) mass is 282 g/mol. The number of likely N-dealkylation sites (tertiary alicyclic amines) is 1. The highest BCUT2D eigenvalue weighted by Crippen LogP contribution is 2.29. The Labute approximate surface area is 121 Å². The molecule has 0 aromatic heterocycles. The van der Waals surface area contributed by atoms with E-state index in [-0.39, 0.29) is 29.3 Å². The number of amides is 2. The van der Waals surface area contributed by atoms with Gasteiger partial charge in [-0.25, -0.2) is 0 Å². The Morgan fingerprint density at radius 3 is 2.65 bits per heavy atom. The first kappa shape index (κ1) is 15.4. The zero-order chi connectivity index (χ0) is 14.8. The summed E-state index contributed by atoms with van der Waals surface area (Å²) in [7, 11) is 0. The predicted molar refractivity (Wildman–Crippen MR) is 76.2 cm³/mol. The molecule has 0 aromatic rings. The van der Waals surface area contributed by atoms with E-state index < -0.39 is 0 Å². The molecule has 0 saturated carbocycles. The summed E-state index contributed by atoms with van der Waals surface area (Å²) in [5.41, 5.74) is 0.172. The molecule has 2 saturated heterocycles. The summed E-state index contributed by atoms with van der Waals surface area (Å²) in [6.07, 6.45) is 3.11. The lowest BCUT2D eigenvalue weighted by atomic mass is 9.82. The van der Waals surface area contributed by atoms with E-state index in [0.29, 0.717) is 6.42 Å². The van der Waals surface area contributed by atoms with Crippen LogP contribution < -0.4 is 5.32 Å². The van der Waals surface area contributed by atoms with Gasteiger partial charge in [-0.2, -0.15) is 0 Å². The Bertz CT molecular complexity index is 377. The molecule has 0 aromatic carbocycles. The lowest BCUT2D eigenvalue weighted by Crippen LogP contribution is -2.46. The molecule has 0 aliphatic carbocycles. The molecule has 2 aliphatic rings. The van der Waals surface area contributed by atoms with Crippen LogP contribution in [0.25, 0.3) is 0 Å². The van der Waals surface area contributed by atoms with Gasteiger partial charge < -0.3 is 10.1 Å². The fraction of sp³-hybridized carbons (Fsp3) is 0.867. The van der Waals surface area contributed by atoms with Gasteiger partial charge in [0.05, 0.1) is 12.5 Å². The summed E-state index contributed by atoms with van der Waals surface area (Å²) in [5, 5.41) is 3.31. The quantitative estimate of drug-likeness (QED) is 0.773. The van der Waals surface area contributed by atoms with Gasteiger partial charge >= 0.3 is 0 Å². The molecular weight excluding hydrogens is 256 g/mol. The zero-order valence-electron chi connectivity index (χ0n) is 12.8. The molecule has 0 radical (unpaired) electrons. The van der Waals surface area contributed by atoms with Crippen molar-refractivity contribution in [2.24, 2.45) is 5.41 Å². The lowest BCUT2D eigenvalue weighted by molar-refractivity contribution is -0.141. The van der Waals surface area contributed by atoms with Gasteiger partial charge in [0, 0.05) is 25.8 Å². The van der Waals surface area contributed by atoms with Crippen LogP contribution in [0.1, 0.15) is 46.5 Å². The van der Waals surface area contributed by atoms with Gasteiger partial charge in [0.1, 0.15) is 0 Å². The van der Waals surface area contributed by atoms with Crippen LogP contribution in [0.4, 0.5) is 0 Å². The Hall–Kier alpha value is -0.940. The summed E-state index contributed by atoms with van der Waals surface area (Å²) in [4.78, 5) is 25.7. The van der Waals surface area contributed by atoms with Crippen molar-refractivity contribution in [2.75, 3.05) is 19.8 Å². The summed E-state index contributed by atoms with van der Waals surface area (Å²) in [6.45, 7) is 8.49. The van der Waals surface area contributed by atoms with Crippen LogP contribution >= 0.6 is 0 Å². The highest BCUT2D eigenvalue weighted by Gasteiger charge is 2.41. The fourth-order valence-electron chi connectivity index (χ4n) is 2.87. The van der Waals surface area contributed by atoms with Gasteiger partial charge in [-0.05, 0) is 31.6 Å². The van der Waals surface area contributed by atoms with E-state index in [9.17, 15) is 9.59 Å². The maximum atomic E-state index is 12.3. The Kier molecular flexibility index (Phi) is 4.81. The van der Waals surface area contributed by atoms with Crippen molar-refractivity contribution in [1.29, 1.82) is 0 Å². The molecule has 0 bridgehead atoms. The second kappa shape index (κ2) is 6.22. The average molecular weight is 282 g/mol. The third kappa shape index (κ3) is 3.20. The number of carbonyl (C=O) groups excluding carboxylic acids is 2. The van der Waals surface area contributed by atoms with Gasteiger partial charge in [0.25, 0.3) is 0 Å². The highest BCUT2D eigenvalue weighted by atomic mass is 16.5. The van der Waals surface area contributed by atoms with Gasteiger partial charge in [0.2, 0.25) is 11.8 Å². The zero-order valence-corrected chi connectivity index (χ0v) is 12.8. The maximum absolute atomic E-state index is 12.3. The Balaban J connectivity index is 1.91. The molecule has 2 rings (SSSR count). The first-order chi connectivity index (χ1) is 9.47. The van der Waals surface area contributed by atoms with Gasteiger partial charge in [-0.1, -0.05) is 13.8 Å². The lowest BCUT2D eigenvalue weighted by Gasteiger charge is -2.34. The van der Waals surface area contributed by atoms with Gasteiger partial charge in [-0.3, -0.25) is 14.5 Å². The summed E-state index contributed by atoms with van der Waals surface area (Å²) < 4.78 is 5.38. The van der Waals surface area contributed by atoms with Crippen LogP contribution in [0.2, 0.25) is 0 Å². The summed E-state index contributed by atoms with van der Waals surface area (Å²) in [6, 6.07) is -0.336. The van der Waals surface area contributed by atoms with Crippen LogP contribution in [0, 0.1) is 5.41 Å². The van der Waals surface area contributed by atoms with E-state index in [4.69, 9.17) is 4.74 Å². The molecule has 2 aliphatic heterocycles. The van der Waals surface area contributed by atoms with Crippen molar-refractivity contribution in [1.82, 2.24) is 10.2 Å². The van der Waals surface area contributed by atoms with Crippen LogP contribution in [-0.2, 0) is 14.3 Å². The molecule has 2 amide bonds. The van der Waals surface area contributed by atoms with Crippen molar-refractivity contribution in [3.8, 4) is 0 Å². The molecule has 2 unspecified atom stereocenters. The number of nitrogens with one attached hydrogen (secondary N) is 1. The standard InChI is InChI=1S/C15H26N2O3/c1-4-11(2)17-13(18)9-12(14(17)19)16-10-15(3)5-7-20-8-6-15/h11-12,16H,4-10H2,1-3H3. The van der Waals surface area contributed by atoms with Crippen molar-refractivity contribution < 1.29 is 14.3 Å². The minimum Gasteiger partial charge on any atom is -0.381 e. The van der Waals surface area contributed by atoms with E-state index in [1.807, 2.05) is 13.8 Å². The number of imide groups is 1. The molecule has 5 nitrogen and oxygen atoms in total. The predicted octanol–water partition coefficient (Wildman–Crippen LogP) is 1.32. The second-order valence-electron chi connectivity index (χ2n) is 6.42. The van der Waals surface area contributed by atoms with Crippen LogP contribution in [-0.4, -0.2) is 48.6 Å². The fourth-order valence-corrected chi connectivity index (χ4v) is 2.87. The highest BCUT2D eigenvalue weighted by molar-refractivity contribution is 6.05. The third-order valence-corrected chi connectivity index (χ3v) is 4.69. The summed E-state index contributed by atoms with van der Waals surface area (Å²) in [5.74, 6) is -0.0982. The molecule has 2 atom stereocenters. The second-order valence-corrected chi connectivity index (χ2v) is 6.42. The molecule has 5 heteroatoms. The van der Waals surface area contributed by atoms with E-state index >= 15 is 0 Å². The SMILES string of the molecule is CCC(C)N1C(=O)CC(NCC2(C)CCOCC2)C1=O. The first-order valence-electron chi connectivity index (χ1n) is 7.64.